The Morgan fingerprint density at radius 1 is 1.13 bits per heavy atom. The van der Waals surface area contributed by atoms with Crippen molar-refractivity contribution in [1.29, 1.82) is 0 Å². The Labute approximate surface area is 137 Å². The van der Waals surface area contributed by atoms with Gasteiger partial charge in [0.15, 0.2) is 0 Å². The Morgan fingerprint density at radius 3 is 2.43 bits per heavy atom. The number of urea groups is 1. The first-order chi connectivity index (χ1) is 11.1. The van der Waals surface area contributed by atoms with Crippen molar-refractivity contribution in [3.05, 3.63) is 29.8 Å². The number of amides is 3. The average molecular weight is 316 g/mol. The number of anilines is 1. The molecule has 2 saturated heterocycles. The standard InChI is InChI=1S/C17H24N4O2/c1-13-5-3-4-6-15(13)20-11-9-19(10-12-20)14(2)16(22)21-8-7-18-17(21)23/h3-6,14H,7-12H2,1-2H3,(H,18,23)/t14-/m0/s1. The van der Waals surface area contributed by atoms with Crippen molar-refractivity contribution < 1.29 is 9.59 Å². The van der Waals surface area contributed by atoms with Gasteiger partial charge in [0.25, 0.3) is 0 Å². The van der Waals surface area contributed by atoms with Gasteiger partial charge in [-0.3, -0.25) is 14.6 Å². The second-order valence-electron chi connectivity index (χ2n) is 6.21. The van der Waals surface area contributed by atoms with Crippen LogP contribution in [0.1, 0.15) is 12.5 Å². The molecule has 2 aliphatic heterocycles. The van der Waals surface area contributed by atoms with Gasteiger partial charge in [-0.2, -0.15) is 0 Å². The lowest BCUT2D eigenvalue weighted by atomic mass is 10.1. The van der Waals surface area contributed by atoms with Crippen molar-refractivity contribution >= 4 is 17.6 Å². The highest BCUT2D eigenvalue weighted by atomic mass is 16.2. The average Bonchev–Trinajstić information content (AvgIpc) is 3.00. The zero-order valence-electron chi connectivity index (χ0n) is 13.8. The lowest BCUT2D eigenvalue weighted by Gasteiger charge is -2.39. The number of carbonyl (C=O) groups is 2. The van der Waals surface area contributed by atoms with Crippen molar-refractivity contribution in [2.45, 2.75) is 19.9 Å². The predicted octanol–water partition coefficient (Wildman–Crippen LogP) is 1.06. The van der Waals surface area contributed by atoms with Gasteiger partial charge in [-0.15, -0.1) is 0 Å². The topological polar surface area (TPSA) is 55.9 Å². The highest BCUT2D eigenvalue weighted by Gasteiger charge is 2.33. The molecule has 1 atom stereocenters. The molecule has 124 valence electrons. The Bertz CT molecular complexity index is 596. The number of hydrogen-bond donors (Lipinski definition) is 1. The molecule has 1 N–H and O–H groups in total. The molecule has 2 aliphatic rings. The van der Waals surface area contributed by atoms with E-state index in [1.807, 2.05) is 6.92 Å². The van der Waals surface area contributed by atoms with E-state index in [2.05, 4.69) is 46.3 Å². The lowest BCUT2D eigenvalue weighted by Crippen LogP contribution is -2.55. The summed E-state index contributed by atoms with van der Waals surface area (Å²) in [6.45, 7) is 8.51. The summed E-state index contributed by atoms with van der Waals surface area (Å²) in [7, 11) is 0. The van der Waals surface area contributed by atoms with Gasteiger partial charge in [0.2, 0.25) is 5.91 Å². The predicted molar refractivity (Wildman–Crippen MR) is 89.5 cm³/mol. The first-order valence-electron chi connectivity index (χ1n) is 8.22. The van der Waals surface area contributed by atoms with Gasteiger partial charge in [0, 0.05) is 45.0 Å². The summed E-state index contributed by atoms with van der Waals surface area (Å²) in [6, 6.07) is 7.87. The van der Waals surface area contributed by atoms with Gasteiger partial charge in [-0.05, 0) is 25.5 Å². The Balaban J connectivity index is 1.59. The van der Waals surface area contributed by atoms with Crippen LogP contribution in [0.3, 0.4) is 0 Å². The molecule has 0 aromatic heterocycles. The summed E-state index contributed by atoms with van der Waals surface area (Å²) in [4.78, 5) is 30.0. The van der Waals surface area contributed by atoms with Gasteiger partial charge in [-0.1, -0.05) is 18.2 Å². The Kier molecular flexibility index (Phi) is 4.52. The molecule has 3 amide bonds. The molecule has 0 aliphatic carbocycles. The summed E-state index contributed by atoms with van der Waals surface area (Å²) in [5.74, 6) is -0.0932. The highest BCUT2D eigenvalue weighted by Crippen LogP contribution is 2.21. The SMILES string of the molecule is Cc1ccccc1N1CCN([C@@H](C)C(=O)N2CCNC2=O)CC1. The number of piperazine rings is 1. The van der Waals surface area contributed by atoms with E-state index in [4.69, 9.17) is 0 Å². The number of para-hydroxylation sites is 1. The van der Waals surface area contributed by atoms with Crippen molar-refractivity contribution in [2.24, 2.45) is 0 Å². The normalized spacial score (nSPS) is 20.5. The van der Waals surface area contributed by atoms with Gasteiger partial charge in [-0.25, -0.2) is 4.79 Å². The summed E-state index contributed by atoms with van der Waals surface area (Å²) >= 11 is 0. The van der Waals surface area contributed by atoms with Crippen LogP contribution in [-0.4, -0.2) is 67.0 Å². The smallest absolute Gasteiger partial charge is 0.324 e. The van der Waals surface area contributed by atoms with Crippen LogP contribution in [0.25, 0.3) is 0 Å². The number of imide groups is 1. The number of nitrogens with zero attached hydrogens (tertiary/aromatic N) is 3. The molecule has 0 saturated carbocycles. The molecule has 2 fully saturated rings. The van der Waals surface area contributed by atoms with Gasteiger partial charge >= 0.3 is 6.03 Å². The number of hydrogen-bond acceptors (Lipinski definition) is 4. The molecule has 6 heteroatoms. The number of carbonyl (C=O) groups excluding carboxylic acids is 2. The van der Waals surface area contributed by atoms with Gasteiger partial charge < -0.3 is 10.2 Å². The lowest BCUT2D eigenvalue weighted by molar-refractivity contribution is -0.132. The molecule has 23 heavy (non-hydrogen) atoms. The summed E-state index contributed by atoms with van der Waals surface area (Å²) in [6.07, 6.45) is 0. The molecular weight excluding hydrogens is 292 g/mol. The Morgan fingerprint density at radius 2 is 1.83 bits per heavy atom. The molecule has 0 unspecified atom stereocenters. The van der Waals surface area contributed by atoms with Crippen LogP contribution in [0.2, 0.25) is 0 Å². The second-order valence-corrected chi connectivity index (χ2v) is 6.21. The van der Waals surface area contributed by atoms with E-state index in [1.54, 1.807) is 0 Å². The van der Waals surface area contributed by atoms with Crippen LogP contribution >= 0.6 is 0 Å². The third-order valence-corrected chi connectivity index (χ3v) is 4.80. The van der Waals surface area contributed by atoms with E-state index in [0.717, 1.165) is 26.2 Å². The fourth-order valence-electron chi connectivity index (χ4n) is 3.33. The quantitative estimate of drug-likeness (QED) is 0.906. The van der Waals surface area contributed by atoms with Crippen molar-refractivity contribution in [2.75, 3.05) is 44.2 Å². The van der Waals surface area contributed by atoms with Crippen LogP contribution in [-0.2, 0) is 4.79 Å². The van der Waals surface area contributed by atoms with Crippen molar-refractivity contribution in [1.82, 2.24) is 15.1 Å². The fraction of sp³-hybridized carbons (Fsp3) is 0.529. The van der Waals surface area contributed by atoms with E-state index < -0.39 is 0 Å². The third-order valence-electron chi connectivity index (χ3n) is 4.80. The zero-order valence-corrected chi connectivity index (χ0v) is 13.8. The first kappa shape index (κ1) is 15.8. The third kappa shape index (κ3) is 3.17. The monoisotopic (exact) mass is 316 g/mol. The van der Waals surface area contributed by atoms with Crippen LogP contribution in [0.15, 0.2) is 24.3 Å². The van der Waals surface area contributed by atoms with E-state index in [1.165, 1.54) is 16.2 Å². The minimum absolute atomic E-state index is 0.0932. The fourth-order valence-corrected chi connectivity index (χ4v) is 3.33. The van der Waals surface area contributed by atoms with E-state index in [9.17, 15) is 9.59 Å². The van der Waals surface area contributed by atoms with Crippen molar-refractivity contribution in [3.8, 4) is 0 Å². The second kappa shape index (κ2) is 6.58. The molecule has 0 bridgehead atoms. The van der Waals surface area contributed by atoms with Crippen molar-refractivity contribution in [3.63, 3.8) is 0 Å². The zero-order chi connectivity index (χ0) is 16.4. The molecular formula is C17H24N4O2. The maximum atomic E-state index is 12.5. The minimum atomic E-state index is -0.264. The molecule has 6 nitrogen and oxygen atoms in total. The minimum Gasteiger partial charge on any atom is -0.369 e. The highest BCUT2D eigenvalue weighted by molar-refractivity contribution is 5.98. The van der Waals surface area contributed by atoms with E-state index in [0.29, 0.717) is 13.1 Å². The number of rotatable bonds is 3. The molecule has 1 aromatic rings. The van der Waals surface area contributed by atoms with Gasteiger partial charge in [0.1, 0.15) is 0 Å². The Hall–Kier alpha value is -2.08. The maximum Gasteiger partial charge on any atom is 0.324 e. The summed E-state index contributed by atoms with van der Waals surface area (Å²) < 4.78 is 0. The molecule has 1 aromatic carbocycles. The van der Waals surface area contributed by atoms with Crippen LogP contribution in [0.4, 0.5) is 10.5 Å². The summed E-state index contributed by atoms with van der Waals surface area (Å²) in [5, 5.41) is 2.68. The molecule has 2 heterocycles. The molecule has 3 rings (SSSR count). The van der Waals surface area contributed by atoms with Crippen LogP contribution in [0, 0.1) is 6.92 Å². The summed E-state index contributed by atoms with van der Waals surface area (Å²) in [5.41, 5.74) is 2.55. The number of benzene rings is 1. The molecule has 0 spiro atoms. The van der Waals surface area contributed by atoms with E-state index in [-0.39, 0.29) is 18.0 Å². The van der Waals surface area contributed by atoms with Crippen LogP contribution in [0.5, 0.6) is 0 Å². The first-order valence-corrected chi connectivity index (χ1v) is 8.22. The van der Waals surface area contributed by atoms with Crippen LogP contribution < -0.4 is 10.2 Å². The molecule has 0 radical (unpaired) electrons. The maximum absolute atomic E-state index is 12.5. The van der Waals surface area contributed by atoms with Gasteiger partial charge in [0.05, 0.1) is 6.04 Å². The number of aryl methyl sites for hydroxylation is 1. The van der Waals surface area contributed by atoms with E-state index >= 15 is 0 Å². The largest absolute Gasteiger partial charge is 0.369 e. The number of nitrogens with one attached hydrogen (secondary N) is 1.